The summed E-state index contributed by atoms with van der Waals surface area (Å²) in [6.45, 7) is 2.23. The molecule has 0 aromatic heterocycles. The number of hydrogen-bond donors (Lipinski definition) is 0. The molecule has 2 rings (SSSR count). The molecule has 2 unspecified atom stereocenters. The van der Waals surface area contributed by atoms with Crippen LogP contribution < -0.4 is 4.90 Å². The van der Waals surface area contributed by atoms with Gasteiger partial charge in [-0.15, -0.1) is 0 Å². The lowest BCUT2D eigenvalue weighted by molar-refractivity contribution is -0.384. The maximum Gasteiger partial charge on any atom is 0.270 e. The van der Waals surface area contributed by atoms with Crippen LogP contribution in [0.5, 0.6) is 0 Å². The van der Waals surface area contributed by atoms with Gasteiger partial charge in [-0.1, -0.05) is 19.8 Å². The van der Waals surface area contributed by atoms with Crippen molar-refractivity contribution in [3.8, 4) is 6.07 Å². The monoisotopic (exact) mass is 273 g/mol. The largest absolute Gasteiger partial charge is 0.370 e. The molecular weight excluding hydrogens is 254 g/mol. The second-order valence-electron chi connectivity index (χ2n) is 5.51. The van der Waals surface area contributed by atoms with Crippen LogP contribution in [0.25, 0.3) is 0 Å². The highest BCUT2D eigenvalue weighted by molar-refractivity contribution is 5.63. The molecular formula is C15H19N3O2. The number of nitrogens with zero attached hydrogens (tertiary/aromatic N) is 3. The maximum absolute atomic E-state index is 10.8. The first-order valence-electron chi connectivity index (χ1n) is 6.96. The normalized spacial score (nSPS) is 22.1. The Kier molecular flexibility index (Phi) is 4.23. The van der Waals surface area contributed by atoms with E-state index >= 15 is 0 Å². The van der Waals surface area contributed by atoms with Gasteiger partial charge in [0, 0.05) is 25.2 Å². The van der Waals surface area contributed by atoms with Crippen LogP contribution in [-0.2, 0) is 0 Å². The number of anilines is 1. The van der Waals surface area contributed by atoms with E-state index in [0.29, 0.717) is 17.5 Å². The molecule has 0 aliphatic heterocycles. The van der Waals surface area contributed by atoms with E-state index < -0.39 is 4.92 Å². The topological polar surface area (TPSA) is 70.2 Å². The first-order chi connectivity index (χ1) is 9.54. The van der Waals surface area contributed by atoms with Gasteiger partial charge in [0.15, 0.2) is 0 Å². The molecule has 1 aliphatic carbocycles. The summed E-state index contributed by atoms with van der Waals surface area (Å²) in [5.74, 6) is 0.579. The quantitative estimate of drug-likeness (QED) is 0.624. The molecule has 0 amide bonds. The van der Waals surface area contributed by atoms with Gasteiger partial charge in [-0.25, -0.2) is 0 Å². The summed E-state index contributed by atoms with van der Waals surface area (Å²) in [5, 5.41) is 20.0. The fraction of sp³-hybridized carbons (Fsp3) is 0.533. The highest BCUT2D eigenvalue weighted by Crippen LogP contribution is 2.33. The lowest BCUT2D eigenvalue weighted by Gasteiger charge is -2.38. The Bertz CT molecular complexity index is 551. The highest BCUT2D eigenvalue weighted by Gasteiger charge is 2.26. The second-order valence-corrected chi connectivity index (χ2v) is 5.51. The van der Waals surface area contributed by atoms with Crippen molar-refractivity contribution >= 4 is 11.4 Å². The molecule has 0 saturated heterocycles. The molecule has 1 aromatic carbocycles. The summed E-state index contributed by atoms with van der Waals surface area (Å²) in [4.78, 5) is 12.4. The minimum atomic E-state index is -0.464. The van der Waals surface area contributed by atoms with E-state index in [1.165, 1.54) is 31.4 Å². The summed E-state index contributed by atoms with van der Waals surface area (Å²) in [6.07, 6.45) is 4.77. The number of nitro benzene ring substituents is 1. The minimum absolute atomic E-state index is 0.0320. The first kappa shape index (κ1) is 14.3. The fourth-order valence-electron chi connectivity index (χ4n) is 3.09. The van der Waals surface area contributed by atoms with Gasteiger partial charge in [-0.05, 0) is 24.8 Å². The van der Waals surface area contributed by atoms with E-state index in [1.807, 2.05) is 7.05 Å². The number of non-ortho nitro benzene ring substituents is 1. The summed E-state index contributed by atoms with van der Waals surface area (Å²) in [7, 11) is 1.98. The molecule has 0 N–H and O–H groups in total. The van der Waals surface area contributed by atoms with Gasteiger partial charge in [0.2, 0.25) is 0 Å². The Morgan fingerprint density at radius 3 is 2.70 bits per heavy atom. The number of nitriles is 1. The average molecular weight is 273 g/mol. The Morgan fingerprint density at radius 1 is 1.40 bits per heavy atom. The minimum Gasteiger partial charge on any atom is -0.370 e. The van der Waals surface area contributed by atoms with Gasteiger partial charge >= 0.3 is 0 Å². The number of rotatable bonds is 3. The molecule has 20 heavy (non-hydrogen) atoms. The van der Waals surface area contributed by atoms with Crippen LogP contribution in [0.4, 0.5) is 11.4 Å². The highest BCUT2D eigenvalue weighted by atomic mass is 16.6. The molecule has 2 atom stereocenters. The summed E-state index contributed by atoms with van der Waals surface area (Å²) in [6, 6.07) is 7.01. The van der Waals surface area contributed by atoms with E-state index in [-0.39, 0.29) is 5.69 Å². The molecule has 5 nitrogen and oxygen atoms in total. The van der Waals surface area contributed by atoms with Crippen molar-refractivity contribution in [3.63, 3.8) is 0 Å². The van der Waals surface area contributed by atoms with Crippen LogP contribution in [0.2, 0.25) is 0 Å². The Morgan fingerprint density at radius 2 is 2.10 bits per heavy atom. The van der Waals surface area contributed by atoms with E-state index in [4.69, 9.17) is 0 Å². The molecule has 0 spiro atoms. The van der Waals surface area contributed by atoms with Crippen molar-refractivity contribution in [2.24, 2.45) is 5.92 Å². The lowest BCUT2D eigenvalue weighted by atomic mass is 9.84. The summed E-state index contributed by atoms with van der Waals surface area (Å²) >= 11 is 0. The predicted octanol–water partition coefficient (Wildman–Crippen LogP) is 3.48. The van der Waals surface area contributed by atoms with Gasteiger partial charge in [-0.3, -0.25) is 10.1 Å². The van der Waals surface area contributed by atoms with Crippen molar-refractivity contribution < 1.29 is 4.92 Å². The molecule has 0 radical (unpaired) electrons. The lowest BCUT2D eigenvalue weighted by Crippen LogP contribution is -2.39. The van der Waals surface area contributed by atoms with Crippen LogP contribution in [0.3, 0.4) is 0 Å². The third-order valence-electron chi connectivity index (χ3n) is 4.26. The van der Waals surface area contributed by atoms with Gasteiger partial charge < -0.3 is 4.90 Å². The average Bonchev–Trinajstić information content (AvgIpc) is 2.46. The molecule has 106 valence electrons. The zero-order valence-electron chi connectivity index (χ0n) is 11.9. The zero-order chi connectivity index (χ0) is 14.7. The molecule has 1 saturated carbocycles. The van der Waals surface area contributed by atoms with Crippen LogP contribution >= 0.6 is 0 Å². The predicted molar refractivity (Wildman–Crippen MR) is 77.6 cm³/mol. The van der Waals surface area contributed by atoms with E-state index in [2.05, 4.69) is 17.9 Å². The Hall–Kier alpha value is -2.09. The third-order valence-corrected chi connectivity index (χ3v) is 4.26. The van der Waals surface area contributed by atoms with Crippen LogP contribution in [0.15, 0.2) is 18.2 Å². The van der Waals surface area contributed by atoms with E-state index in [9.17, 15) is 15.4 Å². The van der Waals surface area contributed by atoms with E-state index in [1.54, 1.807) is 6.07 Å². The molecule has 5 heteroatoms. The van der Waals surface area contributed by atoms with Crippen LogP contribution in [0.1, 0.15) is 38.2 Å². The number of benzene rings is 1. The molecule has 1 aliphatic rings. The van der Waals surface area contributed by atoms with E-state index in [0.717, 1.165) is 12.1 Å². The van der Waals surface area contributed by atoms with Crippen LogP contribution in [-0.4, -0.2) is 18.0 Å². The summed E-state index contributed by atoms with van der Waals surface area (Å²) < 4.78 is 0. The van der Waals surface area contributed by atoms with Gasteiger partial charge in [0.05, 0.1) is 16.2 Å². The Labute approximate surface area is 119 Å². The number of nitro groups is 1. The van der Waals surface area contributed by atoms with Crippen molar-refractivity contribution in [3.05, 3.63) is 33.9 Å². The zero-order valence-corrected chi connectivity index (χ0v) is 11.9. The van der Waals surface area contributed by atoms with Gasteiger partial charge in [0.25, 0.3) is 5.69 Å². The van der Waals surface area contributed by atoms with Gasteiger partial charge in [0.1, 0.15) is 6.07 Å². The Balaban J connectivity index is 2.32. The SMILES string of the molecule is CC1CCCCC1N(C)c1ccc([N+](=O)[O-])cc1C#N. The third kappa shape index (κ3) is 2.74. The fourth-order valence-corrected chi connectivity index (χ4v) is 3.09. The van der Waals surface area contributed by atoms with Gasteiger partial charge in [-0.2, -0.15) is 5.26 Å². The van der Waals surface area contributed by atoms with Crippen molar-refractivity contribution in [1.82, 2.24) is 0 Å². The standard InChI is InChI=1S/C15H19N3O2/c1-11-5-3-4-6-14(11)17(2)15-8-7-13(18(19)20)9-12(15)10-16/h7-9,11,14H,3-6H2,1-2H3. The summed E-state index contributed by atoms with van der Waals surface area (Å²) in [5.41, 5.74) is 1.13. The number of hydrogen-bond acceptors (Lipinski definition) is 4. The molecule has 0 bridgehead atoms. The van der Waals surface area contributed by atoms with Crippen molar-refractivity contribution in [1.29, 1.82) is 5.26 Å². The maximum atomic E-state index is 10.8. The van der Waals surface area contributed by atoms with Crippen molar-refractivity contribution in [2.75, 3.05) is 11.9 Å². The van der Waals surface area contributed by atoms with Crippen LogP contribution in [0, 0.1) is 27.4 Å². The first-order valence-corrected chi connectivity index (χ1v) is 6.96. The molecule has 1 aromatic rings. The molecule has 0 heterocycles. The second kappa shape index (κ2) is 5.91. The van der Waals surface area contributed by atoms with Crippen molar-refractivity contribution in [2.45, 2.75) is 38.6 Å². The molecule has 1 fully saturated rings. The smallest absolute Gasteiger partial charge is 0.270 e.